The maximum absolute atomic E-state index is 5.98. The number of nitrogens with two attached hydrogens (primary N) is 1. The van der Waals surface area contributed by atoms with Gasteiger partial charge in [-0.2, -0.15) is 0 Å². The lowest BCUT2D eigenvalue weighted by Gasteiger charge is -2.22. The molecule has 1 saturated heterocycles. The van der Waals surface area contributed by atoms with E-state index in [0.717, 1.165) is 31.7 Å². The molecule has 1 atom stereocenters. The third-order valence-electron chi connectivity index (χ3n) is 3.68. The van der Waals surface area contributed by atoms with E-state index >= 15 is 0 Å². The summed E-state index contributed by atoms with van der Waals surface area (Å²) in [5, 5.41) is 8.29. The Kier molecular flexibility index (Phi) is 4.01. The van der Waals surface area contributed by atoms with Crippen LogP contribution < -0.4 is 5.73 Å². The zero-order chi connectivity index (χ0) is 14.8. The number of hydrogen-bond donors (Lipinski definition) is 1. The molecule has 114 valence electrons. The van der Waals surface area contributed by atoms with E-state index in [9.17, 15) is 0 Å². The highest BCUT2D eigenvalue weighted by Gasteiger charge is 2.19. The first-order valence-corrected chi connectivity index (χ1v) is 7.60. The van der Waals surface area contributed by atoms with E-state index in [2.05, 4.69) is 34.1 Å². The van der Waals surface area contributed by atoms with Crippen molar-refractivity contribution in [3.63, 3.8) is 0 Å². The van der Waals surface area contributed by atoms with Crippen LogP contribution in [-0.4, -0.2) is 37.7 Å². The van der Waals surface area contributed by atoms with Crippen LogP contribution in [0.3, 0.4) is 0 Å². The molecule has 0 spiro atoms. The van der Waals surface area contributed by atoms with Crippen LogP contribution in [0.15, 0.2) is 0 Å². The second kappa shape index (κ2) is 5.93. The minimum atomic E-state index is 0.188. The Morgan fingerprint density at radius 2 is 2.19 bits per heavy atom. The van der Waals surface area contributed by atoms with Crippen LogP contribution in [0.5, 0.6) is 0 Å². The Labute approximate surface area is 123 Å². The van der Waals surface area contributed by atoms with Crippen molar-refractivity contribution in [1.82, 2.24) is 25.0 Å². The Morgan fingerprint density at radius 1 is 1.33 bits per heavy atom. The van der Waals surface area contributed by atoms with Gasteiger partial charge in [-0.25, -0.2) is 14.6 Å². The first kappa shape index (κ1) is 14.2. The molecule has 1 aliphatic heterocycles. The number of anilines is 1. The number of aromatic nitrogens is 5. The van der Waals surface area contributed by atoms with Crippen LogP contribution in [0, 0.1) is 5.92 Å². The molecule has 7 heteroatoms. The van der Waals surface area contributed by atoms with Crippen molar-refractivity contribution in [2.24, 2.45) is 5.92 Å². The van der Waals surface area contributed by atoms with E-state index in [4.69, 9.17) is 10.5 Å². The standard InChI is InChI=1S/C14H22N6O/c1-9(2)7-11-16-13(15)12-14(17-11)20(19-18-12)8-10-5-3-4-6-21-10/h9-10H,3-8H2,1-2H3,(H2,15,16,17). The van der Waals surface area contributed by atoms with Gasteiger partial charge in [-0.1, -0.05) is 19.1 Å². The van der Waals surface area contributed by atoms with E-state index in [1.807, 2.05) is 0 Å². The topological polar surface area (TPSA) is 91.7 Å². The first-order valence-electron chi connectivity index (χ1n) is 7.60. The Hall–Kier alpha value is -1.76. The molecule has 3 heterocycles. The number of rotatable bonds is 4. The maximum atomic E-state index is 5.98. The van der Waals surface area contributed by atoms with Gasteiger partial charge in [0.1, 0.15) is 5.82 Å². The van der Waals surface area contributed by atoms with Crippen molar-refractivity contribution in [1.29, 1.82) is 0 Å². The Bertz CT molecular complexity index is 617. The van der Waals surface area contributed by atoms with Gasteiger partial charge < -0.3 is 10.5 Å². The minimum absolute atomic E-state index is 0.188. The summed E-state index contributed by atoms with van der Waals surface area (Å²) in [6.45, 7) is 5.77. The minimum Gasteiger partial charge on any atom is -0.382 e. The van der Waals surface area contributed by atoms with Gasteiger partial charge in [0.15, 0.2) is 17.0 Å². The highest BCUT2D eigenvalue weighted by atomic mass is 16.5. The molecule has 3 rings (SSSR count). The summed E-state index contributed by atoms with van der Waals surface area (Å²) >= 11 is 0. The molecule has 0 aliphatic carbocycles. The summed E-state index contributed by atoms with van der Waals surface area (Å²) in [4.78, 5) is 8.91. The summed E-state index contributed by atoms with van der Waals surface area (Å²) in [6, 6.07) is 0. The number of ether oxygens (including phenoxy) is 1. The van der Waals surface area contributed by atoms with Crippen molar-refractivity contribution in [3.05, 3.63) is 5.82 Å². The molecule has 2 N–H and O–H groups in total. The normalized spacial score (nSPS) is 19.5. The van der Waals surface area contributed by atoms with E-state index in [0.29, 0.717) is 29.4 Å². The van der Waals surface area contributed by atoms with Crippen LogP contribution in [0.2, 0.25) is 0 Å². The summed E-state index contributed by atoms with van der Waals surface area (Å²) in [5.74, 6) is 1.64. The SMILES string of the molecule is CC(C)Cc1nc(N)c2nnn(CC3CCCCO3)c2n1. The average Bonchev–Trinajstić information content (AvgIpc) is 2.83. The Morgan fingerprint density at radius 3 is 2.90 bits per heavy atom. The molecular formula is C14H22N6O. The van der Waals surface area contributed by atoms with Crippen LogP contribution >= 0.6 is 0 Å². The van der Waals surface area contributed by atoms with Gasteiger partial charge in [0.2, 0.25) is 0 Å². The lowest BCUT2D eigenvalue weighted by Crippen LogP contribution is -2.25. The molecule has 2 aromatic heterocycles. The maximum Gasteiger partial charge on any atom is 0.184 e. The molecule has 0 saturated carbocycles. The van der Waals surface area contributed by atoms with Crippen LogP contribution in [0.4, 0.5) is 5.82 Å². The molecule has 0 aromatic carbocycles. The Balaban J connectivity index is 1.89. The smallest absolute Gasteiger partial charge is 0.184 e. The zero-order valence-electron chi connectivity index (χ0n) is 12.6. The molecular weight excluding hydrogens is 268 g/mol. The number of nitrogen functional groups attached to an aromatic ring is 1. The highest BCUT2D eigenvalue weighted by Crippen LogP contribution is 2.19. The van der Waals surface area contributed by atoms with Gasteiger partial charge in [-0.15, -0.1) is 5.10 Å². The van der Waals surface area contributed by atoms with E-state index in [-0.39, 0.29) is 6.10 Å². The van der Waals surface area contributed by atoms with Crippen molar-refractivity contribution < 1.29 is 4.74 Å². The monoisotopic (exact) mass is 290 g/mol. The van der Waals surface area contributed by atoms with Gasteiger partial charge in [0, 0.05) is 13.0 Å². The molecule has 0 amide bonds. The summed E-state index contributed by atoms with van der Waals surface area (Å²) in [5.41, 5.74) is 7.28. The average molecular weight is 290 g/mol. The van der Waals surface area contributed by atoms with Crippen LogP contribution in [0.1, 0.15) is 38.9 Å². The number of fused-ring (bicyclic) bond motifs is 1. The number of nitrogens with zero attached hydrogens (tertiary/aromatic N) is 5. The molecule has 7 nitrogen and oxygen atoms in total. The molecule has 2 aromatic rings. The third-order valence-corrected chi connectivity index (χ3v) is 3.68. The van der Waals surface area contributed by atoms with Gasteiger partial charge in [0.25, 0.3) is 0 Å². The van der Waals surface area contributed by atoms with Crippen molar-refractivity contribution in [2.45, 2.75) is 52.2 Å². The zero-order valence-corrected chi connectivity index (χ0v) is 12.6. The molecule has 1 aliphatic rings. The second-order valence-electron chi connectivity index (χ2n) is 6.06. The lowest BCUT2D eigenvalue weighted by molar-refractivity contribution is 0.00433. The van der Waals surface area contributed by atoms with Gasteiger partial charge in [0.05, 0.1) is 12.6 Å². The fourth-order valence-corrected chi connectivity index (χ4v) is 2.65. The number of hydrogen-bond acceptors (Lipinski definition) is 6. The second-order valence-corrected chi connectivity index (χ2v) is 6.06. The first-order chi connectivity index (χ1) is 10.1. The molecule has 0 bridgehead atoms. The van der Waals surface area contributed by atoms with Gasteiger partial charge >= 0.3 is 0 Å². The molecule has 1 fully saturated rings. The van der Waals surface area contributed by atoms with Crippen molar-refractivity contribution in [3.8, 4) is 0 Å². The third kappa shape index (κ3) is 3.12. The van der Waals surface area contributed by atoms with E-state index in [1.54, 1.807) is 4.68 Å². The lowest BCUT2D eigenvalue weighted by atomic mass is 10.1. The van der Waals surface area contributed by atoms with Crippen molar-refractivity contribution in [2.75, 3.05) is 12.3 Å². The molecule has 1 unspecified atom stereocenters. The predicted molar refractivity (Wildman–Crippen MR) is 79.7 cm³/mol. The molecule has 0 radical (unpaired) electrons. The predicted octanol–water partition coefficient (Wildman–Crippen LogP) is 1.57. The highest BCUT2D eigenvalue weighted by molar-refractivity contribution is 5.80. The van der Waals surface area contributed by atoms with Gasteiger partial charge in [-0.3, -0.25) is 0 Å². The fraction of sp³-hybridized carbons (Fsp3) is 0.714. The molecule has 21 heavy (non-hydrogen) atoms. The summed E-state index contributed by atoms with van der Waals surface area (Å²) < 4.78 is 7.56. The van der Waals surface area contributed by atoms with Crippen LogP contribution in [-0.2, 0) is 17.7 Å². The quantitative estimate of drug-likeness (QED) is 0.919. The largest absolute Gasteiger partial charge is 0.382 e. The van der Waals surface area contributed by atoms with Gasteiger partial charge in [-0.05, 0) is 25.2 Å². The summed E-state index contributed by atoms with van der Waals surface area (Å²) in [7, 11) is 0. The van der Waals surface area contributed by atoms with E-state index < -0.39 is 0 Å². The van der Waals surface area contributed by atoms with Crippen molar-refractivity contribution >= 4 is 17.0 Å². The van der Waals surface area contributed by atoms with Crippen LogP contribution in [0.25, 0.3) is 11.2 Å². The van der Waals surface area contributed by atoms with E-state index in [1.165, 1.54) is 6.42 Å². The summed E-state index contributed by atoms with van der Waals surface area (Å²) in [6.07, 6.45) is 4.38. The fourth-order valence-electron chi connectivity index (χ4n) is 2.65.